The minimum Gasteiger partial charge on any atom is -0.481 e. The number of carbonyl (C=O) groups excluding carboxylic acids is 2. The fourth-order valence-electron chi connectivity index (χ4n) is 8.91. The summed E-state index contributed by atoms with van der Waals surface area (Å²) in [6, 6.07) is 0. The Kier molecular flexibility index (Phi) is 8.21. The van der Waals surface area contributed by atoms with Gasteiger partial charge in [-0.25, -0.2) is 28.1 Å². The van der Waals surface area contributed by atoms with Gasteiger partial charge in [-0.1, -0.05) is 0 Å². The topological polar surface area (TPSA) is 178 Å². The zero-order chi connectivity index (χ0) is 31.4. The fraction of sp³-hybridized carbons (Fsp3) is 0.806. The van der Waals surface area contributed by atoms with Crippen LogP contribution in [-0.4, -0.2) is 74.3 Å². The second-order valence-electron chi connectivity index (χ2n) is 13.8. The summed E-state index contributed by atoms with van der Waals surface area (Å²) in [6.07, 6.45) is 6.38. The monoisotopic (exact) mass is 631 g/mol. The maximum Gasteiger partial charge on any atom is 0.336 e. The smallest absolute Gasteiger partial charge is 0.336 e. The van der Waals surface area contributed by atoms with Gasteiger partial charge in [-0.3, -0.25) is 14.4 Å². The van der Waals surface area contributed by atoms with Crippen LogP contribution in [-0.2, 0) is 53.0 Å². The standard InChI is InChI=1S/C31H41N3O11/c35-23(36)7-10-34-30(40)32(8-1-3-24(37)42-14-16-5-6-19-22-13-21(16)27(19)44-22)29(39)33(31(34)41)9-2-4-25(38)43-15-18-11-17-12-20(18)28-26(17)45-28/h16-22,26-28H,1-15H2,(H,35,36). The predicted octanol–water partition coefficient (Wildman–Crippen LogP) is 0.530. The van der Waals surface area contributed by atoms with Crippen LogP contribution < -0.4 is 17.1 Å². The third-order valence-electron chi connectivity index (χ3n) is 11.2. The quantitative estimate of drug-likeness (QED) is 0.211. The van der Waals surface area contributed by atoms with Crippen LogP contribution in [0.5, 0.6) is 0 Å². The second kappa shape index (κ2) is 12.2. The van der Waals surface area contributed by atoms with E-state index in [1.165, 1.54) is 0 Å². The predicted molar refractivity (Wildman–Crippen MR) is 153 cm³/mol. The molecule has 10 atom stereocenters. The zero-order valence-electron chi connectivity index (χ0n) is 25.3. The van der Waals surface area contributed by atoms with Crippen molar-refractivity contribution in [2.75, 3.05) is 13.2 Å². The number of hydrogen-bond acceptors (Lipinski definition) is 10. The van der Waals surface area contributed by atoms with Gasteiger partial charge in [0.25, 0.3) is 0 Å². The summed E-state index contributed by atoms with van der Waals surface area (Å²) in [5.74, 6) is 0.645. The Morgan fingerprint density at radius 1 is 0.667 bits per heavy atom. The van der Waals surface area contributed by atoms with Crippen molar-refractivity contribution >= 4 is 17.9 Å². The average molecular weight is 632 g/mol. The molecule has 1 N–H and O–H groups in total. The lowest BCUT2D eigenvalue weighted by Gasteiger charge is -2.42. The Hall–Kier alpha value is -3.26. The first-order valence-corrected chi connectivity index (χ1v) is 16.5. The molecule has 14 heteroatoms. The SMILES string of the molecule is O=C(O)CCn1c(=O)n(CCCC(=O)OCC2CCC3C4CC2C3O4)c(=O)n(CCCC(=O)OCC2CC3CC2C2OC32)c1=O. The van der Waals surface area contributed by atoms with E-state index in [1.54, 1.807) is 0 Å². The van der Waals surface area contributed by atoms with E-state index >= 15 is 0 Å². The number of hydrogen-bond donors (Lipinski definition) is 1. The molecule has 3 saturated heterocycles. The van der Waals surface area contributed by atoms with Crippen molar-refractivity contribution in [2.24, 2.45) is 35.5 Å². The molecule has 4 heterocycles. The van der Waals surface area contributed by atoms with Gasteiger partial charge in [0, 0.05) is 38.4 Å². The summed E-state index contributed by atoms with van der Waals surface area (Å²) in [5.41, 5.74) is -2.73. The Morgan fingerprint density at radius 2 is 1.27 bits per heavy atom. The van der Waals surface area contributed by atoms with Crippen molar-refractivity contribution < 1.29 is 38.4 Å². The number of ether oxygens (including phenoxy) is 4. The highest BCUT2D eigenvalue weighted by Crippen LogP contribution is 2.59. The van der Waals surface area contributed by atoms with Gasteiger partial charge in [0.15, 0.2) is 0 Å². The van der Waals surface area contributed by atoms with Crippen molar-refractivity contribution in [3.05, 3.63) is 31.5 Å². The van der Waals surface area contributed by atoms with Gasteiger partial charge in [-0.15, -0.1) is 0 Å². The molecule has 246 valence electrons. The molecule has 4 aliphatic carbocycles. The molecule has 1 aromatic heterocycles. The van der Waals surface area contributed by atoms with Crippen LogP contribution in [0.25, 0.3) is 0 Å². The average Bonchev–Trinajstić information content (AvgIpc) is 3.26. The van der Waals surface area contributed by atoms with Gasteiger partial charge < -0.3 is 24.1 Å². The lowest BCUT2D eigenvalue weighted by molar-refractivity contribution is -0.166. The molecule has 0 amide bonds. The number of epoxide rings is 1. The highest BCUT2D eigenvalue weighted by molar-refractivity contribution is 5.69. The molecule has 1 aromatic rings. The number of rotatable bonds is 15. The molecule has 0 spiro atoms. The summed E-state index contributed by atoms with van der Waals surface area (Å²) >= 11 is 0. The van der Waals surface area contributed by atoms with Crippen molar-refractivity contribution in [1.82, 2.24) is 13.7 Å². The van der Waals surface area contributed by atoms with E-state index in [0.29, 0.717) is 67.2 Å². The van der Waals surface area contributed by atoms with Crippen LogP contribution >= 0.6 is 0 Å². The van der Waals surface area contributed by atoms with E-state index in [1.807, 2.05) is 0 Å². The minimum absolute atomic E-state index is 0.0224. The van der Waals surface area contributed by atoms with Crippen molar-refractivity contribution in [3.8, 4) is 0 Å². The molecule has 6 bridgehead atoms. The van der Waals surface area contributed by atoms with Gasteiger partial charge in [0.1, 0.15) is 0 Å². The molecule has 8 rings (SSSR count). The van der Waals surface area contributed by atoms with E-state index in [0.717, 1.165) is 45.8 Å². The van der Waals surface area contributed by atoms with Crippen LogP contribution in [0.4, 0.5) is 0 Å². The molecule has 45 heavy (non-hydrogen) atoms. The summed E-state index contributed by atoms with van der Waals surface area (Å²) in [7, 11) is 0. The highest BCUT2D eigenvalue weighted by atomic mass is 16.6. The number of fused-ring (bicyclic) bond motifs is 5. The van der Waals surface area contributed by atoms with Crippen LogP contribution in [0.3, 0.4) is 0 Å². The van der Waals surface area contributed by atoms with Crippen LogP contribution in [0.2, 0.25) is 0 Å². The van der Waals surface area contributed by atoms with E-state index in [4.69, 9.17) is 24.1 Å². The zero-order valence-corrected chi connectivity index (χ0v) is 25.3. The Bertz CT molecular complexity index is 1530. The van der Waals surface area contributed by atoms with Gasteiger partial charge in [0.05, 0.1) is 44.1 Å². The molecular weight excluding hydrogens is 590 g/mol. The number of carboxylic acid groups (broad SMARTS) is 1. The van der Waals surface area contributed by atoms with Crippen molar-refractivity contribution in [3.63, 3.8) is 0 Å². The summed E-state index contributed by atoms with van der Waals surface area (Å²) in [5, 5.41) is 9.12. The Balaban J connectivity index is 0.924. The largest absolute Gasteiger partial charge is 0.481 e. The molecule has 3 aliphatic heterocycles. The van der Waals surface area contributed by atoms with Crippen LogP contribution in [0.15, 0.2) is 14.4 Å². The maximum atomic E-state index is 13.2. The third kappa shape index (κ3) is 5.79. The number of aromatic nitrogens is 3. The molecule has 10 unspecified atom stereocenters. The fourth-order valence-corrected chi connectivity index (χ4v) is 8.91. The van der Waals surface area contributed by atoms with E-state index in [-0.39, 0.29) is 44.7 Å². The van der Waals surface area contributed by atoms with E-state index in [2.05, 4.69) is 0 Å². The molecule has 7 fully saturated rings. The number of nitrogens with zero attached hydrogens (tertiary/aromatic N) is 3. The van der Waals surface area contributed by atoms with Gasteiger partial charge in [-0.05, 0) is 74.5 Å². The number of aliphatic carboxylic acids is 1. The number of esters is 2. The number of carboxylic acids is 1. The molecule has 14 nitrogen and oxygen atoms in total. The van der Waals surface area contributed by atoms with E-state index in [9.17, 15) is 28.8 Å². The molecule has 7 aliphatic rings. The van der Waals surface area contributed by atoms with Crippen molar-refractivity contribution in [1.29, 1.82) is 0 Å². The number of carbonyl (C=O) groups is 3. The Labute approximate surface area is 258 Å². The van der Waals surface area contributed by atoms with Crippen LogP contribution in [0, 0.1) is 35.5 Å². The summed E-state index contributed by atoms with van der Waals surface area (Å²) in [6.45, 7) is -0.0545. The van der Waals surface area contributed by atoms with Crippen molar-refractivity contribution in [2.45, 2.75) is 108 Å². The molecule has 4 saturated carbocycles. The first kappa shape index (κ1) is 30.4. The molecule has 0 aromatic carbocycles. The second-order valence-corrected chi connectivity index (χ2v) is 13.8. The minimum atomic E-state index is -1.20. The van der Waals surface area contributed by atoms with Crippen LogP contribution in [0.1, 0.15) is 64.2 Å². The Morgan fingerprint density at radius 3 is 1.87 bits per heavy atom. The van der Waals surface area contributed by atoms with E-state index < -0.39 is 47.9 Å². The molecular formula is C31H41N3O11. The van der Waals surface area contributed by atoms with Gasteiger partial charge in [-0.2, -0.15) is 0 Å². The summed E-state index contributed by atoms with van der Waals surface area (Å²) in [4.78, 5) is 75.5. The normalized spacial score (nSPS) is 34.7. The summed E-state index contributed by atoms with van der Waals surface area (Å²) < 4.78 is 25.0. The van der Waals surface area contributed by atoms with Gasteiger partial charge >= 0.3 is 35.0 Å². The lowest BCUT2D eigenvalue weighted by Crippen LogP contribution is -2.54. The van der Waals surface area contributed by atoms with Gasteiger partial charge in [0.2, 0.25) is 0 Å². The first-order chi connectivity index (χ1) is 21.7. The highest BCUT2D eigenvalue weighted by Gasteiger charge is 2.63. The molecule has 0 radical (unpaired) electrons. The lowest BCUT2D eigenvalue weighted by atomic mass is 9.76. The first-order valence-electron chi connectivity index (χ1n) is 16.5. The third-order valence-corrected chi connectivity index (χ3v) is 11.2. The maximum absolute atomic E-state index is 13.2.